The summed E-state index contributed by atoms with van der Waals surface area (Å²) in [6.45, 7) is 3.15. The number of fused-ring (bicyclic) bond motifs is 1. The summed E-state index contributed by atoms with van der Waals surface area (Å²) >= 11 is 0. The lowest BCUT2D eigenvalue weighted by atomic mass is 10.1. The molecule has 0 bridgehead atoms. The van der Waals surface area contributed by atoms with Gasteiger partial charge in [-0.25, -0.2) is 4.68 Å². The van der Waals surface area contributed by atoms with E-state index in [4.69, 9.17) is 0 Å². The number of imide groups is 1. The zero-order valence-corrected chi connectivity index (χ0v) is 16.8. The van der Waals surface area contributed by atoms with Crippen LogP contribution in [-0.2, 0) is 27.5 Å². The fourth-order valence-corrected chi connectivity index (χ4v) is 4.01. The minimum absolute atomic E-state index is 0.111. The van der Waals surface area contributed by atoms with Crippen molar-refractivity contribution in [2.24, 2.45) is 0 Å². The van der Waals surface area contributed by atoms with E-state index in [0.717, 1.165) is 24.5 Å². The van der Waals surface area contributed by atoms with Crippen LogP contribution in [0.5, 0.6) is 0 Å². The Balaban J connectivity index is 1.50. The van der Waals surface area contributed by atoms with Crippen LogP contribution >= 0.6 is 0 Å². The Morgan fingerprint density at radius 3 is 2.33 bits per heavy atom. The summed E-state index contributed by atoms with van der Waals surface area (Å²) in [6.07, 6.45) is 2.67. The lowest BCUT2D eigenvalue weighted by molar-refractivity contribution is -0.142. The molecule has 1 N–H and O–H groups in total. The number of carbonyl (C=O) groups is 3. The van der Waals surface area contributed by atoms with Crippen LogP contribution in [0.1, 0.15) is 31.4 Å². The van der Waals surface area contributed by atoms with Gasteiger partial charge in [0.05, 0.1) is 24.2 Å². The Bertz CT molecular complexity index is 1030. The number of hydrogen-bond donors (Lipinski definition) is 1. The maximum Gasteiger partial charge on any atom is 0.274 e. The quantitative estimate of drug-likeness (QED) is 0.656. The summed E-state index contributed by atoms with van der Waals surface area (Å²) in [5.41, 5.74) is 0.437. The summed E-state index contributed by atoms with van der Waals surface area (Å²) in [6, 6.07) is 7.20. The Morgan fingerprint density at radius 2 is 1.63 bits per heavy atom. The molecule has 0 saturated carbocycles. The summed E-state index contributed by atoms with van der Waals surface area (Å²) in [7, 11) is 0. The molecule has 9 heteroatoms. The van der Waals surface area contributed by atoms with E-state index < -0.39 is 5.91 Å². The molecule has 0 radical (unpaired) electrons. The number of rotatable bonds is 7. The monoisotopic (exact) mass is 411 g/mol. The Morgan fingerprint density at radius 1 is 0.967 bits per heavy atom. The molecule has 0 unspecified atom stereocenters. The van der Waals surface area contributed by atoms with Gasteiger partial charge in [-0.05, 0) is 32.0 Å². The first-order chi connectivity index (χ1) is 14.5. The number of aromatic nitrogens is 2. The fraction of sp³-hybridized carbons (Fsp3) is 0.476. The van der Waals surface area contributed by atoms with Crippen LogP contribution in [0.25, 0.3) is 10.8 Å². The van der Waals surface area contributed by atoms with E-state index in [1.165, 1.54) is 17.5 Å². The van der Waals surface area contributed by atoms with Crippen molar-refractivity contribution in [1.29, 1.82) is 0 Å². The lowest BCUT2D eigenvalue weighted by Crippen LogP contribution is -2.40. The molecule has 0 spiro atoms. The van der Waals surface area contributed by atoms with Crippen LogP contribution in [-0.4, -0.2) is 63.5 Å². The maximum absolute atomic E-state index is 12.8. The molecule has 2 aliphatic rings. The van der Waals surface area contributed by atoms with Gasteiger partial charge in [0.15, 0.2) is 0 Å². The third-order valence-corrected chi connectivity index (χ3v) is 5.68. The second-order valence-electron chi connectivity index (χ2n) is 7.72. The molecule has 2 aromatic rings. The predicted molar refractivity (Wildman–Crippen MR) is 109 cm³/mol. The van der Waals surface area contributed by atoms with Crippen molar-refractivity contribution in [3.05, 3.63) is 40.3 Å². The topological polar surface area (TPSA) is 105 Å². The van der Waals surface area contributed by atoms with Crippen LogP contribution < -0.4 is 10.9 Å². The van der Waals surface area contributed by atoms with E-state index in [-0.39, 0.29) is 43.3 Å². The van der Waals surface area contributed by atoms with Gasteiger partial charge < -0.3 is 10.2 Å². The van der Waals surface area contributed by atoms with Crippen LogP contribution in [0, 0.1) is 0 Å². The maximum atomic E-state index is 12.8. The summed E-state index contributed by atoms with van der Waals surface area (Å²) < 4.78 is 1.47. The highest BCUT2D eigenvalue weighted by Crippen LogP contribution is 2.14. The molecule has 3 amide bonds. The van der Waals surface area contributed by atoms with E-state index in [1.807, 2.05) is 18.2 Å². The Hall–Kier alpha value is -3.07. The number of likely N-dealkylation sites (tertiary alicyclic amines) is 2. The van der Waals surface area contributed by atoms with Gasteiger partial charge in [0.2, 0.25) is 17.7 Å². The van der Waals surface area contributed by atoms with E-state index in [9.17, 15) is 19.2 Å². The van der Waals surface area contributed by atoms with Gasteiger partial charge >= 0.3 is 0 Å². The Kier molecular flexibility index (Phi) is 5.89. The van der Waals surface area contributed by atoms with Crippen molar-refractivity contribution in [2.45, 2.75) is 38.8 Å². The average molecular weight is 411 g/mol. The Labute approximate surface area is 173 Å². The third kappa shape index (κ3) is 4.25. The smallest absolute Gasteiger partial charge is 0.274 e. The molecule has 2 saturated heterocycles. The first-order valence-corrected chi connectivity index (χ1v) is 10.3. The SMILES string of the molecule is O=C(CN1C(=O)CCC1=O)NCc1nn(CCN2CCCC2)c(=O)c2ccccc12. The fourth-order valence-electron chi connectivity index (χ4n) is 4.01. The molecule has 2 fully saturated rings. The largest absolute Gasteiger partial charge is 0.349 e. The van der Waals surface area contributed by atoms with Crippen LogP contribution in [0.2, 0.25) is 0 Å². The van der Waals surface area contributed by atoms with Crippen molar-refractivity contribution in [1.82, 2.24) is 24.9 Å². The molecule has 9 nitrogen and oxygen atoms in total. The van der Waals surface area contributed by atoms with Crippen LogP contribution in [0.3, 0.4) is 0 Å². The molecule has 158 valence electrons. The highest BCUT2D eigenvalue weighted by atomic mass is 16.2. The van der Waals surface area contributed by atoms with Crippen molar-refractivity contribution in [3.8, 4) is 0 Å². The van der Waals surface area contributed by atoms with Crippen molar-refractivity contribution < 1.29 is 14.4 Å². The first-order valence-electron chi connectivity index (χ1n) is 10.3. The minimum Gasteiger partial charge on any atom is -0.349 e. The number of amides is 3. The van der Waals surface area contributed by atoms with Gasteiger partial charge in [-0.3, -0.25) is 24.1 Å². The molecular weight excluding hydrogens is 386 g/mol. The second kappa shape index (κ2) is 8.74. The molecule has 3 heterocycles. The molecule has 1 aromatic carbocycles. The summed E-state index contributed by atoms with van der Waals surface area (Å²) in [4.78, 5) is 51.8. The molecule has 30 heavy (non-hydrogen) atoms. The molecule has 2 aliphatic heterocycles. The van der Waals surface area contributed by atoms with Gasteiger partial charge in [-0.15, -0.1) is 0 Å². The average Bonchev–Trinajstić information content (AvgIpc) is 3.38. The van der Waals surface area contributed by atoms with Gasteiger partial charge in [-0.2, -0.15) is 5.10 Å². The van der Waals surface area contributed by atoms with E-state index >= 15 is 0 Å². The summed E-state index contributed by atoms with van der Waals surface area (Å²) in [5.74, 6) is -1.08. The molecule has 1 aromatic heterocycles. The number of hydrogen-bond acceptors (Lipinski definition) is 6. The lowest BCUT2D eigenvalue weighted by Gasteiger charge is -2.17. The normalized spacial score (nSPS) is 17.3. The molecule has 0 atom stereocenters. The van der Waals surface area contributed by atoms with Gasteiger partial charge in [-0.1, -0.05) is 18.2 Å². The van der Waals surface area contributed by atoms with E-state index in [0.29, 0.717) is 23.0 Å². The predicted octanol–water partition coefficient (Wildman–Crippen LogP) is 0.258. The molecular formula is C21H25N5O4. The number of nitrogens with one attached hydrogen (secondary N) is 1. The summed E-state index contributed by atoms with van der Waals surface area (Å²) in [5, 5.41) is 8.49. The van der Waals surface area contributed by atoms with E-state index in [1.54, 1.807) is 6.07 Å². The van der Waals surface area contributed by atoms with Crippen LogP contribution in [0.4, 0.5) is 0 Å². The van der Waals surface area contributed by atoms with Gasteiger partial charge in [0.25, 0.3) is 5.56 Å². The van der Waals surface area contributed by atoms with Crippen LogP contribution in [0.15, 0.2) is 29.1 Å². The molecule has 4 rings (SSSR count). The van der Waals surface area contributed by atoms with E-state index in [2.05, 4.69) is 15.3 Å². The zero-order valence-electron chi connectivity index (χ0n) is 16.8. The first kappa shape index (κ1) is 20.2. The number of benzene rings is 1. The second-order valence-corrected chi connectivity index (χ2v) is 7.72. The van der Waals surface area contributed by atoms with Gasteiger partial charge in [0, 0.05) is 24.8 Å². The highest BCUT2D eigenvalue weighted by Gasteiger charge is 2.30. The highest BCUT2D eigenvalue weighted by molar-refractivity contribution is 6.04. The van der Waals surface area contributed by atoms with Crippen molar-refractivity contribution in [2.75, 3.05) is 26.2 Å². The minimum atomic E-state index is -0.431. The standard InChI is InChI=1S/C21H25N5O4/c27-18(14-25-19(28)7-8-20(25)29)22-13-17-15-5-1-2-6-16(15)21(30)26(23-17)12-11-24-9-3-4-10-24/h1-2,5-6H,3-4,7-14H2,(H,22,27). The van der Waals surface area contributed by atoms with Crippen molar-refractivity contribution in [3.63, 3.8) is 0 Å². The number of nitrogens with zero attached hydrogens (tertiary/aromatic N) is 4. The third-order valence-electron chi connectivity index (χ3n) is 5.68. The molecule has 0 aliphatic carbocycles. The van der Waals surface area contributed by atoms with Crippen molar-refractivity contribution >= 4 is 28.5 Å². The zero-order chi connectivity index (χ0) is 21.1. The van der Waals surface area contributed by atoms with Gasteiger partial charge in [0.1, 0.15) is 6.54 Å². The number of carbonyl (C=O) groups excluding carboxylic acids is 3.